The summed E-state index contributed by atoms with van der Waals surface area (Å²) in [6.45, 7) is 0. The topological polar surface area (TPSA) is 30.0 Å². The highest BCUT2D eigenvalue weighted by atomic mass is 19.4. The van der Waals surface area contributed by atoms with Crippen LogP contribution in [-0.4, -0.2) is 10.8 Å². The number of hydrogen-bond donors (Lipinski definition) is 0. The van der Waals surface area contributed by atoms with Crippen molar-refractivity contribution in [3.63, 3.8) is 0 Å². The first-order chi connectivity index (χ1) is 12.9. The third kappa shape index (κ3) is 4.39. The zero-order valence-corrected chi connectivity index (χ0v) is 14.1. The average molecular weight is 373 g/mol. The molecule has 2 nitrogen and oxygen atoms in total. The molecule has 3 rings (SSSR count). The Labute approximate surface area is 153 Å². The summed E-state index contributed by atoms with van der Waals surface area (Å²) < 4.78 is 52.7. The minimum absolute atomic E-state index is 0.0292. The third-order valence-corrected chi connectivity index (χ3v) is 4.24. The Balaban J connectivity index is 1.98. The van der Waals surface area contributed by atoms with Crippen molar-refractivity contribution in [1.29, 1.82) is 0 Å². The molecular weight excluding hydrogens is 358 g/mol. The van der Waals surface area contributed by atoms with Gasteiger partial charge in [0.2, 0.25) is 0 Å². The standard InChI is InChI=1S/C21H15F4NO/c22-18-7-4-12-26-20(18)17(13-19(27)15-5-2-1-3-6-15)14-8-10-16(11-9-14)21(23,24)25/h1-12,17H,13H2. The van der Waals surface area contributed by atoms with E-state index in [4.69, 9.17) is 0 Å². The van der Waals surface area contributed by atoms with Crippen molar-refractivity contribution in [3.05, 3.63) is 101 Å². The summed E-state index contributed by atoms with van der Waals surface area (Å²) in [5.74, 6) is -1.64. The smallest absolute Gasteiger partial charge is 0.294 e. The van der Waals surface area contributed by atoms with Crippen LogP contribution in [0.25, 0.3) is 0 Å². The minimum Gasteiger partial charge on any atom is -0.294 e. The van der Waals surface area contributed by atoms with Gasteiger partial charge in [0.1, 0.15) is 5.82 Å². The van der Waals surface area contributed by atoms with E-state index < -0.39 is 23.5 Å². The first-order valence-corrected chi connectivity index (χ1v) is 8.22. The summed E-state index contributed by atoms with van der Waals surface area (Å²) in [5.41, 5.74) is 0.0676. The second-order valence-corrected chi connectivity index (χ2v) is 6.04. The van der Waals surface area contributed by atoms with Crippen molar-refractivity contribution in [2.45, 2.75) is 18.5 Å². The molecule has 0 saturated heterocycles. The predicted octanol–water partition coefficient (Wildman–Crippen LogP) is 5.64. The fraction of sp³-hybridized carbons (Fsp3) is 0.143. The minimum atomic E-state index is -4.47. The quantitative estimate of drug-likeness (QED) is 0.428. The molecule has 0 saturated carbocycles. The van der Waals surface area contributed by atoms with E-state index in [-0.39, 0.29) is 17.9 Å². The number of carbonyl (C=O) groups is 1. The summed E-state index contributed by atoms with van der Waals surface area (Å²) in [7, 11) is 0. The first kappa shape index (κ1) is 18.8. The van der Waals surface area contributed by atoms with Crippen molar-refractivity contribution in [1.82, 2.24) is 4.98 Å². The number of Topliss-reactive ketones (excluding diaryl/α,β-unsaturated/α-hetero) is 1. The number of benzene rings is 2. The fourth-order valence-electron chi connectivity index (χ4n) is 2.86. The number of carbonyl (C=O) groups excluding carboxylic acids is 1. The van der Waals surface area contributed by atoms with Crippen LogP contribution < -0.4 is 0 Å². The molecule has 2 aromatic carbocycles. The molecule has 0 radical (unpaired) electrons. The van der Waals surface area contributed by atoms with Crippen molar-refractivity contribution in [3.8, 4) is 0 Å². The van der Waals surface area contributed by atoms with Crippen molar-refractivity contribution >= 4 is 5.78 Å². The normalized spacial score (nSPS) is 12.6. The van der Waals surface area contributed by atoms with Gasteiger partial charge in [0, 0.05) is 24.1 Å². The van der Waals surface area contributed by atoms with Gasteiger partial charge in [-0.15, -0.1) is 0 Å². The highest BCUT2D eigenvalue weighted by Gasteiger charge is 2.31. The second-order valence-electron chi connectivity index (χ2n) is 6.04. The number of alkyl halides is 3. The number of aromatic nitrogens is 1. The number of halogens is 4. The number of nitrogens with zero attached hydrogens (tertiary/aromatic N) is 1. The SMILES string of the molecule is O=C(CC(c1ccc(C(F)(F)F)cc1)c1ncccc1F)c1ccccc1. The summed E-state index contributed by atoms with van der Waals surface area (Å²) in [6, 6.07) is 15.5. The molecule has 0 N–H and O–H groups in total. The van der Waals surface area contributed by atoms with Gasteiger partial charge in [-0.1, -0.05) is 42.5 Å². The van der Waals surface area contributed by atoms with Crippen molar-refractivity contribution in [2.75, 3.05) is 0 Å². The maximum Gasteiger partial charge on any atom is 0.416 e. The van der Waals surface area contributed by atoms with Gasteiger partial charge in [-0.05, 0) is 29.8 Å². The number of ketones is 1. The lowest BCUT2D eigenvalue weighted by atomic mass is 9.88. The summed E-state index contributed by atoms with van der Waals surface area (Å²) >= 11 is 0. The molecular formula is C21H15F4NO. The number of rotatable bonds is 5. The van der Waals surface area contributed by atoms with E-state index in [0.29, 0.717) is 11.1 Å². The zero-order chi connectivity index (χ0) is 19.4. The van der Waals surface area contributed by atoms with Crippen LogP contribution in [0.1, 0.15) is 39.5 Å². The molecule has 0 spiro atoms. The van der Waals surface area contributed by atoms with Crippen LogP contribution in [0.15, 0.2) is 72.9 Å². The molecule has 1 unspecified atom stereocenters. The predicted molar refractivity (Wildman–Crippen MR) is 92.9 cm³/mol. The Morgan fingerprint density at radius 1 is 0.926 bits per heavy atom. The van der Waals surface area contributed by atoms with E-state index in [2.05, 4.69) is 4.98 Å². The molecule has 0 aliphatic rings. The van der Waals surface area contributed by atoms with E-state index >= 15 is 0 Å². The molecule has 138 valence electrons. The van der Waals surface area contributed by atoms with Crippen LogP contribution in [0.4, 0.5) is 17.6 Å². The number of pyridine rings is 1. The zero-order valence-electron chi connectivity index (χ0n) is 14.1. The molecule has 27 heavy (non-hydrogen) atoms. The Bertz CT molecular complexity index is 921. The van der Waals surface area contributed by atoms with E-state index in [1.54, 1.807) is 30.3 Å². The van der Waals surface area contributed by atoms with Gasteiger partial charge in [-0.3, -0.25) is 9.78 Å². The lowest BCUT2D eigenvalue weighted by Crippen LogP contribution is -2.13. The summed E-state index contributed by atoms with van der Waals surface area (Å²) in [5, 5.41) is 0. The van der Waals surface area contributed by atoms with E-state index in [9.17, 15) is 22.4 Å². The monoisotopic (exact) mass is 373 g/mol. The van der Waals surface area contributed by atoms with Gasteiger partial charge < -0.3 is 0 Å². The largest absolute Gasteiger partial charge is 0.416 e. The molecule has 0 amide bonds. The molecule has 0 bridgehead atoms. The van der Waals surface area contributed by atoms with Crippen LogP contribution in [0, 0.1) is 5.82 Å². The molecule has 1 heterocycles. The van der Waals surface area contributed by atoms with Gasteiger partial charge in [0.05, 0.1) is 11.3 Å². The molecule has 3 aromatic rings. The van der Waals surface area contributed by atoms with Crippen LogP contribution in [0.2, 0.25) is 0 Å². The van der Waals surface area contributed by atoms with Crippen molar-refractivity contribution < 1.29 is 22.4 Å². The Hall–Kier alpha value is -3.02. The maximum absolute atomic E-state index is 14.3. The Morgan fingerprint density at radius 3 is 2.19 bits per heavy atom. The van der Waals surface area contributed by atoms with Gasteiger partial charge in [-0.2, -0.15) is 13.2 Å². The molecule has 1 atom stereocenters. The van der Waals surface area contributed by atoms with Gasteiger partial charge >= 0.3 is 6.18 Å². The van der Waals surface area contributed by atoms with Gasteiger partial charge in [0.25, 0.3) is 0 Å². The first-order valence-electron chi connectivity index (χ1n) is 8.22. The molecule has 6 heteroatoms. The average Bonchev–Trinajstić information content (AvgIpc) is 2.67. The lowest BCUT2D eigenvalue weighted by molar-refractivity contribution is -0.137. The summed E-state index contributed by atoms with van der Waals surface area (Å²) in [4.78, 5) is 16.6. The molecule has 0 aliphatic carbocycles. The Kier molecular flexibility index (Phi) is 5.35. The maximum atomic E-state index is 14.3. The van der Waals surface area contributed by atoms with Crippen LogP contribution >= 0.6 is 0 Å². The van der Waals surface area contributed by atoms with Gasteiger partial charge in [-0.25, -0.2) is 4.39 Å². The molecule has 0 aliphatic heterocycles. The van der Waals surface area contributed by atoms with E-state index in [1.165, 1.54) is 30.5 Å². The van der Waals surface area contributed by atoms with Crippen LogP contribution in [-0.2, 0) is 6.18 Å². The number of hydrogen-bond acceptors (Lipinski definition) is 2. The van der Waals surface area contributed by atoms with E-state index in [1.807, 2.05) is 0 Å². The van der Waals surface area contributed by atoms with Gasteiger partial charge in [0.15, 0.2) is 5.78 Å². The molecule has 0 fully saturated rings. The highest BCUT2D eigenvalue weighted by molar-refractivity contribution is 5.96. The highest BCUT2D eigenvalue weighted by Crippen LogP contribution is 2.33. The lowest BCUT2D eigenvalue weighted by Gasteiger charge is -2.18. The van der Waals surface area contributed by atoms with Crippen LogP contribution in [0.3, 0.4) is 0 Å². The molecule has 1 aromatic heterocycles. The van der Waals surface area contributed by atoms with Crippen LogP contribution in [0.5, 0.6) is 0 Å². The summed E-state index contributed by atoms with van der Waals surface area (Å²) in [6.07, 6.45) is -3.18. The van der Waals surface area contributed by atoms with Crippen molar-refractivity contribution in [2.24, 2.45) is 0 Å². The Morgan fingerprint density at radius 2 is 1.59 bits per heavy atom. The second kappa shape index (κ2) is 7.70. The third-order valence-electron chi connectivity index (χ3n) is 4.24. The van der Waals surface area contributed by atoms with E-state index in [0.717, 1.165) is 12.1 Å². The fourth-order valence-corrected chi connectivity index (χ4v) is 2.86.